The molecular formula is C15H19ClO2. The second-order valence-corrected chi connectivity index (χ2v) is 5.31. The molecule has 0 spiro atoms. The van der Waals surface area contributed by atoms with Crippen LogP contribution >= 0.6 is 11.6 Å². The maximum Gasteiger partial charge on any atom is 0.137 e. The number of hydrogen-bond acceptors (Lipinski definition) is 2. The zero-order valence-corrected chi connectivity index (χ0v) is 11.3. The molecule has 2 nitrogen and oxygen atoms in total. The largest absolute Gasteiger partial charge is 0.378 e. The van der Waals surface area contributed by atoms with E-state index < -0.39 is 0 Å². The van der Waals surface area contributed by atoms with E-state index in [1.807, 2.05) is 24.3 Å². The lowest BCUT2D eigenvalue weighted by molar-refractivity contribution is -0.118. The molecule has 2 rings (SSSR count). The number of rotatable bonds is 6. The lowest BCUT2D eigenvalue weighted by atomic mass is 10.0. The highest BCUT2D eigenvalue weighted by Gasteiger charge is 2.15. The Kier molecular flexibility index (Phi) is 5.21. The van der Waals surface area contributed by atoms with Gasteiger partial charge in [0, 0.05) is 24.5 Å². The first-order valence-corrected chi connectivity index (χ1v) is 6.99. The molecule has 98 valence electrons. The van der Waals surface area contributed by atoms with Gasteiger partial charge in [-0.1, -0.05) is 23.7 Å². The van der Waals surface area contributed by atoms with E-state index in [1.165, 1.54) is 6.42 Å². The van der Waals surface area contributed by atoms with Gasteiger partial charge in [-0.05, 0) is 43.4 Å². The molecule has 1 atom stereocenters. The lowest BCUT2D eigenvalue weighted by Gasteiger charge is -2.08. The summed E-state index contributed by atoms with van der Waals surface area (Å²) < 4.78 is 5.54. The highest BCUT2D eigenvalue weighted by molar-refractivity contribution is 6.30. The smallest absolute Gasteiger partial charge is 0.137 e. The SMILES string of the molecule is O=C(CCCC1CCCO1)Cc1cccc(Cl)c1. The fourth-order valence-corrected chi connectivity index (χ4v) is 2.57. The molecule has 1 fully saturated rings. The molecule has 1 saturated heterocycles. The van der Waals surface area contributed by atoms with E-state index in [4.69, 9.17) is 16.3 Å². The van der Waals surface area contributed by atoms with E-state index in [1.54, 1.807) is 0 Å². The number of benzene rings is 1. The number of Topliss-reactive ketones (excluding diaryl/α,β-unsaturated/α-hetero) is 1. The third-order valence-corrected chi connectivity index (χ3v) is 3.53. The first kappa shape index (κ1) is 13.6. The van der Waals surface area contributed by atoms with Gasteiger partial charge in [0.05, 0.1) is 6.10 Å². The summed E-state index contributed by atoms with van der Waals surface area (Å²) in [5.41, 5.74) is 1.00. The zero-order chi connectivity index (χ0) is 12.8. The van der Waals surface area contributed by atoms with Crippen LogP contribution in [0.5, 0.6) is 0 Å². The number of carbonyl (C=O) groups excluding carboxylic acids is 1. The van der Waals surface area contributed by atoms with E-state index in [-0.39, 0.29) is 5.78 Å². The van der Waals surface area contributed by atoms with E-state index in [9.17, 15) is 4.79 Å². The van der Waals surface area contributed by atoms with E-state index in [2.05, 4.69) is 0 Å². The second kappa shape index (κ2) is 6.91. The quantitative estimate of drug-likeness (QED) is 0.783. The Hall–Kier alpha value is -0.860. The van der Waals surface area contributed by atoms with Crippen molar-refractivity contribution in [1.82, 2.24) is 0 Å². The topological polar surface area (TPSA) is 26.3 Å². The van der Waals surface area contributed by atoms with Crippen LogP contribution in [-0.2, 0) is 16.0 Å². The molecule has 1 unspecified atom stereocenters. The van der Waals surface area contributed by atoms with E-state index in [0.717, 1.165) is 31.4 Å². The Morgan fingerprint density at radius 1 is 1.44 bits per heavy atom. The minimum atomic E-state index is 0.287. The van der Waals surface area contributed by atoms with Crippen molar-refractivity contribution in [1.29, 1.82) is 0 Å². The fourth-order valence-electron chi connectivity index (χ4n) is 2.36. The van der Waals surface area contributed by atoms with E-state index >= 15 is 0 Å². The van der Waals surface area contributed by atoms with Crippen molar-refractivity contribution in [3.8, 4) is 0 Å². The average molecular weight is 267 g/mol. The Labute approximate surface area is 113 Å². The number of carbonyl (C=O) groups is 1. The van der Waals surface area contributed by atoms with Crippen LogP contribution in [0.2, 0.25) is 5.02 Å². The maximum absolute atomic E-state index is 11.8. The molecule has 1 aromatic rings. The normalized spacial score (nSPS) is 19.1. The van der Waals surface area contributed by atoms with Gasteiger partial charge in [0.25, 0.3) is 0 Å². The predicted octanol–water partition coefficient (Wildman–Crippen LogP) is 3.80. The Bertz CT molecular complexity index is 397. The number of hydrogen-bond donors (Lipinski definition) is 0. The molecule has 0 N–H and O–H groups in total. The Balaban J connectivity index is 1.68. The van der Waals surface area contributed by atoms with Gasteiger partial charge >= 0.3 is 0 Å². The van der Waals surface area contributed by atoms with Crippen molar-refractivity contribution < 1.29 is 9.53 Å². The van der Waals surface area contributed by atoms with Gasteiger partial charge in [-0.2, -0.15) is 0 Å². The highest BCUT2D eigenvalue weighted by Crippen LogP contribution is 2.18. The molecule has 1 aliphatic heterocycles. The molecule has 1 aromatic carbocycles. The zero-order valence-electron chi connectivity index (χ0n) is 10.5. The fraction of sp³-hybridized carbons (Fsp3) is 0.533. The standard InChI is InChI=1S/C15H19ClO2/c16-13-5-1-4-12(10-13)11-14(17)6-2-7-15-8-3-9-18-15/h1,4-5,10,15H,2-3,6-9,11H2. The number of halogens is 1. The molecule has 0 saturated carbocycles. The van der Waals surface area contributed by atoms with Crippen LogP contribution in [0.1, 0.15) is 37.7 Å². The number of ether oxygens (including phenoxy) is 1. The van der Waals surface area contributed by atoms with Crippen LogP contribution in [0.15, 0.2) is 24.3 Å². The molecule has 18 heavy (non-hydrogen) atoms. The second-order valence-electron chi connectivity index (χ2n) is 4.87. The van der Waals surface area contributed by atoms with Gasteiger partial charge in [-0.25, -0.2) is 0 Å². The van der Waals surface area contributed by atoms with Crippen LogP contribution < -0.4 is 0 Å². The lowest BCUT2D eigenvalue weighted by Crippen LogP contribution is -2.07. The van der Waals surface area contributed by atoms with Crippen molar-refractivity contribution in [2.24, 2.45) is 0 Å². The predicted molar refractivity (Wildman–Crippen MR) is 73.0 cm³/mol. The van der Waals surface area contributed by atoms with Crippen LogP contribution in [-0.4, -0.2) is 18.5 Å². The molecule has 0 aliphatic carbocycles. The van der Waals surface area contributed by atoms with Gasteiger partial charge in [0.1, 0.15) is 5.78 Å². The van der Waals surface area contributed by atoms with Crippen molar-refractivity contribution in [3.63, 3.8) is 0 Å². The van der Waals surface area contributed by atoms with Crippen LogP contribution in [0.3, 0.4) is 0 Å². The maximum atomic E-state index is 11.8. The summed E-state index contributed by atoms with van der Waals surface area (Å²) in [6, 6.07) is 7.52. The van der Waals surface area contributed by atoms with Crippen LogP contribution in [0.25, 0.3) is 0 Å². The van der Waals surface area contributed by atoms with Gasteiger partial charge < -0.3 is 4.74 Å². The van der Waals surface area contributed by atoms with Gasteiger partial charge in [-0.3, -0.25) is 4.79 Å². The summed E-state index contributed by atoms with van der Waals surface area (Å²) in [6.45, 7) is 0.890. The molecule has 3 heteroatoms. The summed E-state index contributed by atoms with van der Waals surface area (Å²) >= 11 is 5.89. The highest BCUT2D eigenvalue weighted by atomic mass is 35.5. The minimum absolute atomic E-state index is 0.287. The molecule has 0 amide bonds. The molecular weight excluding hydrogens is 248 g/mol. The summed E-state index contributed by atoms with van der Waals surface area (Å²) in [6.07, 6.45) is 5.80. The summed E-state index contributed by atoms with van der Waals surface area (Å²) in [5.74, 6) is 0.287. The Morgan fingerprint density at radius 3 is 3.06 bits per heavy atom. The monoisotopic (exact) mass is 266 g/mol. The van der Waals surface area contributed by atoms with Crippen molar-refractivity contribution in [3.05, 3.63) is 34.9 Å². The first-order valence-electron chi connectivity index (χ1n) is 6.62. The molecule has 0 radical (unpaired) electrons. The van der Waals surface area contributed by atoms with Crippen molar-refractivity contribution >= 4 is 17.4 Å². The number of ketones is 1. The molecule has 1 heterocycles. The van der Waals surface area contributed by atoms with Crippen LogP contribution in [0.4, 0.5) is 0 Å². The summed E-state index contributed by atoms with van der Waals surface area (Å²) in [4.78, 5) is 11.8. The summed E-state index contributed by atoms with van der Waals surface area (Å²) in [5, 5.41) is 0.694. The minimum Gasteiger partial charge on any atom is -0.378 e. The van der Waals surface area contributed by atoms with Crippen molar-refractivity contribution in [2.75, 3.05) is 6.61 Å². The van der Waals surface area contributed by atoms with Gasteiger partial charge in [0.15, 0.2) is 0 Å². The third kappa shape index (κ3) is 4.43. The Morgan fingerprint density at radius 2 is 2.33 bits per heavy atom. The van der Waals surface area contributed by atoms with Crippen molar-refractivity contribution in [2.45, 2.75) is 44.6 Å². The molecule has 0 bridgehead atoms. The summed E-state index contributed by atoms with van der Waals surface area (Å²) in [7, 11) is 0. The van der Waals surface area contributed by atoms with Crippen LogP contribution in [0, 0.1) is 0 Å². The first-order chi connectivity index (χ1) is 8.74. The van der Waals surface area contributed by atoms with Gasteiger partial charge in [-0.15, -0.1) is 0 Å². The third-order valence-electron chi connectivity index (χ3n) is 3.30. The molecule has 0 aromatic heterocycles. The average Bonchev–Trinajstić information content (AvgIpc) is 2.82. The van der Waals surface area contributed by atoms with Gasteiger partial charge in [0.2, 0.25) is 0 Å². The molecule has 1 aliphatic rings. The van der Waals surface area contributed by atoms with E-state index in [0.29, 0.717) is 24.0 Å².